The minimum atomic E-state index is -0.0139. The van der Waals surface area contributed by atoms with Gasteiger partial charge in [0.25, 0.3) is 5.91 Å². The molecule has 148 valence electrons. The van der Waals surface area contributed by atoms with Crippen molar-refractivity contribution in [1.29, 1.82) is 0 Å². The molecule has 1 aliphatic heterocycles. The molecular weight excluding hydrogens is 336 g/mol. The quantitative estimate of drug-likeness (QED) is 0.509. The lowest BCUT2D eigenvalue weighted by molar-refractivity contribution is -0.122. The van der Waals surface area contributed by atoms with Gasteiger partial charge >= 0.3 is 0 Å². The molecule has 0 saturated carbocycles. The molecule has 1 heterocycles. The Balaban J connectivity index is 1.99. The molecule has 4 heteroatoms. The summed E-state index contributed by atoms with van der Waals surface area (Å²) < 4.78 is 5.91. The van der Waals surface area contributed by atoms with Gasteiger partial charge in [-0.2, -0.15) is 0 Å². The van der Waals surface area contributed by atoms with Crippen LogP contribution in [0.3, 0.4) is 0 Å². The number of hydrazine groups is 1. The van der Waals surface area contributed by atoms with E-state index < -0.39 is 0 Å². The number of carbonyl (C=O) groups is 1. The predicted octanol–water partition coefficient (Wildman–Crippen LogP) is 4.64. The van der Waals surface area contributed by atoms with Crippen molar-refractivity contribution in [3.8, 4) is 0 Å². The van der Waals surface area contributed by atoms with E-state index in [1.54, 1.807) is 0 Å². The highest BCUT2D eigenvalue weighted by molar-refractivity contribution is 5.96. The molecule has 0 radical (unpaired) electrons. The number of carbonyl (C=O) groups excluding carboxylic acids is 1. The second kappa shape index (κ2) is 11.7. The van der Waals surface area contributed by atoms with Gasteiger partial charge in [0.2, 0.25) is 0 Å². The van der Waals surface area contributed by atoms with Crippen LogP contribution in [-0.2, 0) is 16.1 Å². The largest absolute Gasteiger partial charge is 0.372 e. The molecule has 1 aromatic rings. The zero-order valence-electron chi connectivity index (χ0n) is 17.0. The molecule has 1 N–H and O–H groups in total. The molecule has 0 aliphatic carbocycles. The Kier molecular flexibility index (Phi) is 9.29. The number of hydrogen-bond donors (Lipinski definition) is 1. The number of amides is 1. The Labute approximate surface area is 164 Å². The van der Waals surface area contributed by atoms with Crippen molar-refractivity contribution in [2.24, 2.45) is 5.92 Å². The molecule has 0 bridgehead atoms. The Hall–Kier alpha value is -1.91. The Bertz CT molecular complexity index is 629. The maximum atomic E-state index is 12.7. The highest BCUT2D eigenvalue weighted by Gasteiger charge is 2.16. The first-order chi connectivity index (χ1) is 13.1. The highest BCUT2D eigenvalue weighted by Crippen LogP contribution is 2.16. The minimum Gasteiger partial charge on any atom is -0.372 e. The van der Waals surface area contributed by atoms with E-state index in [-0.39, 0.29) is 5.91 Å². The molecule has 0 atom stereocenters. The summed E-state index contributed by atoms with van der Waals surface area (Å²) in [4.78, 5) is 12.7. The average molecular weight is 371 g/mol. The molecule has 0 aromatic heterocycles. The van der Waals surface area contributed by atoms with Crippen LogP contribution < -0.4 is 5.43 Å². The number of allylic oxidation sites excluding steroid dienone is 1. The van der Waals surface area contributed by atoms with Crippen molar-refractivity contribution >= 4 is 5.91 Å². The van der Waals surface area contributed by atoms with E-state index in [2.05, 4.69) is 38.3 Å². The number of ether oxygens (including phenoxy) is 1. The molecule has 1 aliphatic rings. The third-order valence-corrected chi connectivity index (χ3v) is 4.76. The lowest BCUT2D eigenvalue weighted by Gasteiger charge is -2.27. The number of nitrogens with one attached hydrogen (secondary N) is 1. The topological polar surface area (TPSA) is 41.6 Å². The van der Waals surface area contributed by atoms with Crippen LogP contribution in [0, 0.1) is 5.92 Å². The van der Waals surface area contributed by atoms with Crippen molar-refractivity contribution in [2.45, 2.75) is 53.1 Å². The van der Waals surface area contributed by atoms with Crippen LogP contribution in [-0.4, -0.2) is 30.6 Å². The van der Waals surface area contributed by atoms with Crippen LogP contribution in [0.5, 0.6) is 0 Å². The molecule has 4 nitrogen and oxygen atoms in total. The fourth-order valence-electron chi connectivity index (χ4n) is 3.09. The summed E-state index contributed by atoms with van der Waals surface area (Å²) in [6.07, 6.45) is 8.38. The predicted molar refractivity (Wildman–Crippen MR) is 111 cm³/mol. The van der Waals surface area contributed by atoms with Gasteiger partial charge < -0.3 is 4.74 Å². The van der Waals surface area contributed by atoms with Crippen LogP contribution in [0.1, 0.15) is 52.0 Å². The minimum absolute atomic E-state index is 0.0139. The van der Waals surface area contributed by atoms with Crippen LogP contribution in [0.4, 0.5) is 0 Å². The van der Waals surface area contributed by atoms with Gasteiger partial charge in [0, 0.05) is 18.7 Å². The summed E-state index contributed by atoms with van der Waals surface area (Å²) in [5.41, 5.74) is 6.10. The van der Waals surface area contributed by atoms with E-state index in [0.29, 0.717) is 19.1 Å². The average Bonchev–Trinajstić information content (AvgIpc) is 2.68. The number of benzene rings is 1. The SMILES string of the molecule is CC/C=C(\C=C(/COCc1ccccc1)C(C)C)C(=O)NN1CCCCC1. The van der Waals surface area contributed by atoms with E-state index in [0.717, 1.165) is 49.1 Å². The van der Waals surface area contributed by atoms with Gasteiger partial charge in [0.15, 0.2) is 0 Å². The first-order valence-electron chi connectivity index (χ1n) is 10.2. The summed E-state index contributed by atoms with van der Waals surface area (Å²) in [7, 11) is 0. The number of piperidine rings is 1. The van der Waals surface area contributed by atoms with E-state index in [1.165, 1.54) is 6.42 Å². The van der Waals surface area contributed by atoms with E-state index in [4.69, 9.17) is 4.74 Å². The van der Waals surface area contributed by atoms with Crippen molar-refractivity contribution < 1.29 is 9.53 Å². The Morgan fingerprint density at radius 1 is 1.19 bits per heavy atom. The van der Waals surface area contributed by atoms with Crippen molar-refractivity contribution in [3.05, 3.63) is 59.2 Å². The first-order valence-corrected chi connectivity index (χ1v) is 10.2. The summed E-state index contributed by atoms with van der Waals surface area (Å²) in [6.45, 7) is 9.33. The van der Waals surface area contributed by atoms with Gasteiger partial charge in [-0.05, 0) is 42.4 Å². The normalized spacial score (nSPS) is 16.6. The standard InChI is InChI=1S/C23H34N2O2/c1-4-11-21(23(26)24-25-14-9-6-10-15-25)16-22(19(2)3)18-27-17-20-12-7-5-8-13-20/h5,7-8,11-13,16,19H,4,6,9-10,14-15,17-18H2,1-3H3,(H,24,26)/b21-11+,22-16+. The van der Waals surface area contributed by atoms with Crippen molar-refractivity contribution in [3.63, 3.8) is 0 Å². The van der Waals surface area contributed by atoms with Gasteiger partial charge in [-0.1, -0.05) is 63.6 Å². The zero-order chi connectivity index (χ0) is 19.5. The smallest absolute Gasteiger partial charge is 0.265 e. The summed E-state index contributed by atoms with van der Waals surface area (Å²) in [6, 6.07) is 10.2. The molecule has 0 spiro atoms. The van der Waals surface area contributed by atoms with Crippen molar-refractivity contribution in [2.75, 3.05) is 19.7 Å². The highest BCUT2D eigenvalue weighted by atomic mass is 16.5. The third-order valence-electron chi connectivity index (χ3n) is 4.76. The monoisotopic (exact) mass is 370 g/mol. The third kappa shape index (κ3) is 7.69. The number of hydrogen-bond acceptors (Lipinski definition) is 3. The Morgan fingerprint density at radius 3 is 2.52 bits per heavy atom. The molecule has 27 heavy (non-hydrogen) atoms. The van der Waals surface area contributed by atoms with Gasteiger partial charge in [-0.25, -0.2) is 5.01 Å². The molecule has 1 fully saturated rings. The van der Waals surface area contributed by atoms with Gasteiger partial charge in [-0.3, -0.25) is 10.2 Å². The molecule has 0 unspecified atom stereocenters. The maximum Gasteiger partial charge on any atom is 0.265 e. The van der Waals surface area contributed by atoms with Crippen LogP contribution >= 0.6 is 0 Å². The molecule has 1 amide bonds. The molecule has 2 rings (SSSR count). The maximum absolute atomic E-state index is 12.7. The molecule has 1 saturated heterocycles. The number of rotatable bonds is 9. The van der Waals surface area contributed by atoms with E-state index in [1.807, 2.05) is 35.4 Å². The summed E-state index contributed by atoms with van der Waals surface area (Å²) in [5, 5.41) is 2.05. The molecule has 1 aromatic carbocycles. The van der Waals surface area contributed by atoms with Crippen LogP contribution in [0.2, 0.25) is 0 Å². The van der Waals surface area contributed by atoms with Crippen LogP contribution in [0.15, 0.2) is 53.6 Å². The van der Waals surface area contributed by atoms with Crippen molar-refractivity contribution in [1.82, 2.24) is 10.4 Å². The summed E-state index contributed by atoms with van der Waals surface area (Å²) in [5.74, 6) is 0.309. The second-order valence-electron chi connectivity index (χ2n) is 7.41. The van der Waals surface area contributed by atoms with Gasteiger partial charge in [-0.15, -0.1) is 0 Å². The fraction of sp³-hybridized carbons (Fsp3) is 0.522. The van der Waals surface area contributed by atoms with Gasteiger partial charge in [0.05, 0.1) is 13.2 Å². The van der Waals surface area contributed by atoms with Crippen LogP contribution in [0.25, 0.3) is 0 Å². The van der Waals surface area contributed by atoms with Gasteiger partial charge in [0.1, 0.15) is 0 Å². The first kappa shape index (κ1) is 21.4. The molecular formula is C23H34N2O2. The number of nitrogens with zero attached hydrogens (tertiary/aromatic N) is 1. The van der Waals surface area contributed by atoms with E-state index >= 15 is 0 Å². The second-order valence-corrected chi connectivity index (χ2v) is 7.41. The zero-order valence-corrected chi connectivity index (χ0v) is 17.0. The fourth-order valence-corrected chi connectivity index (χ4v) is 3.09. The Morgan fingerprint density at radius 2 is 1.89 bits per heavy atom. The summed E-state index contributed by atoms with van der Waals surface area (Å²) >= 11 is 0. The lowest BCUT2D eigenvalue weighted by Crippen LogP contribution is -2.45. The lowest BCUT2D eigenvalue weighted by atomic mass is 10.0. The van der Waals surface area contributed by atoms with E-state index in [9.17, 15) is 4.79 Å².